The second-order valence-corrected chi connectivity index (χ2v) is 7.96. The molecule has 0 bridgehead atoms. The van der Waals surface area contributed by atoms with Crippen LogP contribution in [-0.4, -0.2) is 43.9 Å². The van der Waals surface area contributed by atoms with Crippen LogP contribution in [0.4, 0.5) is 0 Å². The fourth-order valence-electron chi connectivity index (χ4n) is 2.89. The van der Waals surface area contributed by atoms with E-state index in [4.69, 9.17) is 4.42 Å². The first-order valence-electron chi connectivity index (χ1n) is 8.08. The summed E-state index contributed by atoms with van der Waals surface area (Å²) in [5.41, 5.74) is 0.265. The smallest absolute Gasteiger partial charge is 0.361 e. The van der Waals surface area contributed by atoms with Crippen LogP contribution in [0.5, 0.6) is 0 Å². The van der Waals surface area contributed by atoms with Crippen LogP contribution in [-0.2, 0) is 14.8 Å². The van der Waals surface area contributed by atoms with Crippen LogP contribution >= 0.6 is 0 Å². The second-order valence-electron chi connectivity index (χ2n) is 6.12. The van der Waals surface area contributed by atoms with Crippen LogP contribution in [0.1, 0.15) is 30.3 Å². The zero-order valence-corrected chi connectivity index (χ0v) is 15.0. The van der Waals surface area contributed by atoms with Gasteiger partial charge >= 0.3 is 5.97 Å². The Hall–Kier alpha value is -2.19. The van der Waals surface area contributed by atoms with E-state index < -0.39 is 21.1 Å². The molecule has 8 heteroatoms. The van der Waals surface area contributed by atoms with Gasteiger partial charge in [-0.15, -0.1) is 0 Å². The maximum atomic E-state index is 13.0. The molecule has 1 aliphatic heterocycles. The van der Waals surface area contributed by atoms with Gasteiger partial charge in [-0.2, -0.15) is 4.31 Å². The molecule has 0 radical (unpaired) electrons. The Bertz CT molecular complexity index is 860. The molecule has 3 rings (SSSR count). The van der Waals surface area contributed by atoms with Gasteiger partial charge in [0.25, 0.3) is 15.1 Å². The van der Waals surface area contributed by atoms with Crippen molar-refractivity contribution in [2.24, 2.45) is 5.92 Å². The van der Waals surface area contributed by atoms with Gasteiger partial charge in [-0.25, -0.2) is 18.2 Å². The van der Waals surface area contributed by atoms with E-state index in [1.165, 1.54) is 11.4 Å². The van der Waals surface area contributed by atoms with Gasteiger partial charge in [0.2, 0.25) is 11.6 Å². The number of hydrogen-bond donors (Lipinski definition) is 0. The van der Waals surface area contributed by atoms with Gasteiger partial charge < -0.3 is 9.15 Å². The number of carbonyl (C=O) groups excluding carboxylic acids is 1. The van der Waals surface area contributed by atoms with E-state index in [2.05, 4.69) is 9.72 Å². The van der Waals surface area contributed by atoms with Gasteiger partial charge in [0, 0.05) is 18.7 Å². The maximum Gasteiger partial charge on any atom is 0.361 e. The molecule has 134 valence electrons. The Labute approximate surface area is 146 Å². The van der Waals surface area contributed by atoms with Gasteiger partial charge in [-0.05, 0) is 30.9 Å². The predicted octanol–water partition coefficient (Wildman–Crippen LogP) is 2.55. The van der Waals surface area contributed by atoms with E-state index >= 15 is 0 Å². The fourth-order valence-corrected chi connectivity index (χ4v) is 4.50. The Morgan fingerprint density at radius 3 is 2.68 bits per heavy atom. The molecule has 7 nitrogen and oxygen atoms in total. The van der Waals surface area contributed by atoms with Crippen LogP contribution in [0.15, 0.2) is 39.8 Å². The largest absolute Gasteiger partial charge is 0.464 e. The fraction of sp³-hybridized carbons (Fsp3) is 0.412. The van der Waals surface area contributed by atoms with Crippen LogP contribution in [0.25, 0.3) is 11.5 Å². The molecule has 1 aromatic carbocycles. The molecule has 0 unspecified atom stereocenters. The highest BCUT2D eigenvalue weighted by Crippen LogP contribution is 2.30. The summed E-state index contributed by atoms with van der Waals surface area (Å²) in [7, 11) is -2.79. The van der Waals surface area contributed by atoms with Crippen LogP contribution in [0, 0.1) is 5.92 Å². The molecule has 0 spiro atoms. The van der Waals surface area contributed by atoms with Crippen molar-refractivity contribution < 1.29 is 22.4 Å². The monoisotopic (exact) mass is 364 g/mol. The average Bonchev–Trinajstić information content (AvgIpc) is 3.08. The molecule has 0 saturated carbocycles. The van der Waals surface area contributed by atoms with Gasteiger partial charge in [-0.1, -0.05) is 25.1 Å². The third-order valence-electron chi connectivity index (χ3n) is 4.19. The number of ether oxygens (including phenoxy) is 1. The Morgan fingerprint density at radius 2 is 2.04 bits per heavy atom. The summed E-state index contributed by atoms with van der Waals surface area (Å²) < 4.78 is 37.6. The number of esters is 1. The molecule has 1 atom stereocenters. The molecule has 0 aliphatic carbocycles. The van der Waals surface area contributed by atoms with Gasteiger partial charge in [0.1, 0.15) is 0 Å². The molecule has 0 N–H and O–H groups in total. The van der Waals surface area contributed by atoms with Crippen LogP contribution < -0.4 is 0 Å². The van der Waals surface area contributed by atoms with Crippen molar-refractivity contribution in [3.63, 3.8) is 0 Å². The lowest BCUT2D eigenvalue weighted by molar-refractivity contribution is 0.0587. The van der Waals surface area contributed by atoms with E-state index in [1.54, 1.807) is 24.3 Å². The Kier molecular flexibility index (Phi) is 4.91. The number of carbonyl (C=O) groups is 1. The topological polar surface area (TPSA) is 89.7 Å². The average molecular weight is 364 g/mol. The Morgan fingerprint density at radius 1 is 1.32 bits per heavy atom. The highest BCUT2D eigenvalue weighted by Gasteiger charge is 2.37. The minimum Gasteiger partial charge on any atom is -0.464 e. The van der Waals surface area contributed by atoms with E-state index in [0.717, 1.165) is 12.8 Å². The minimum absolute atomic E-state index is 0.0737. The van der Waals surface area contributed by atoms with Crippen LogP contribution in [0.3, 0.4) is 0 Å². The molecule has 1 aliphatic rings. The summed E-state index contributed by atoms with van der Waals surface area (Å²) in [5, 5.41) is -0.452. The van der Waals surface area contributed by atoms with Crippen LogP contribution in [0.2, 0.25) is 0 Å². The first kappa shape index (κ1) is 17.6. The number of hydrogen-bond acceptors (Lipinski definition) is 6. The van der Waals surface area contributed by atoms with Crippen molar-refractivity contribution in [2.75, 3.05) is 20.2 Å². The van der Waals surface area contributed by atoms with Gasteiger partial charge in [0.15, 0.2) is 0 Å². The number of benzene rings is 1. The second kappa shape index (κ2) is 6.97. The molecular formula is C17H20N2O5S. The standard InChI is InChI=1S/C17H20N2O5S/c1-12-7-6-10-19(11-12)25(21,22)17-14(16(20)23-2)18-15(24-17)13-8-4-3-5-9-13/h3-5,8-9,12H,6-7,10-11H2,1-2H3/t12-/m1/s1. The third kappa shape index (κ3) is 3.45. The lowest BCUT2D eigenvalue weighted by Crippen LogP contribution is -2.39. The minimum atomic E-state index is -3.96. The van der Waals surface area contributed by atoms with Gasteiger partial charge in [-0.3, -0.25) is 0 Å². The van der Waals surface area contributed by atoms with Crippen molar-refractivity contribution >= 4 is 16.0 Å². The van der Waals surface area contributed by atoms with Crippen molar-refractivity contribution in [2.45, 2.75) is 24.9 Å². The van der Waals surface area contributed by atoms with E-state index in [0.29, 0.717) is 18.7 Å². The number of methoxy groups -OCH3 is 1. The SMILES string of the molecule is COC(=O)c1nc(-c2ccccc2)oc1S(=O)(=O)N1CCC[C@@H](C)C1. The lowest BCUT2D eigenvalue weighted by atomic mass is 10.0. The first-order valence-corrected chi connectivity index (χ1v) is 9.52. The number of piperidine rings is 1. The van der Waals surface area contributed by atoms with Crippen molar-refractivity contribution in [3.8, 4) is 11.5 Å². The molecule has 1 saturated heterocycles. The lowest BCUT2D eigenvalue weighted by Gasteiger charge is -2.29. The molecule has 1 aromatic heterocycles. The van der Waals surface area contributed by atoms with Crippen molar-refractivity contribution in [1.29, 1.82) is 0 Å². The third-order valence-corrected chi connectivity index (χ3v) is 5.95. The van der Waals surface area contributed by atoms with Crippen molar-refractivity contribution in [1.82, 2.24) is 9.29 Å². The van der Waals surface area contributed by atoms with E-state index in [-0.39, 0.29) is 17.5 Å². The number of aromatic nitrogens is 1. The zero-order chi connectivity index (χ0) is 18.0. The molecule has 1 fully saturated rings. The van der Waals surface area contributed by atoms with E-state index in [9.17, 15) is 13.2 Å². The van der Waals surface area contributed by atoms with Crippen molar-refractivity contribution in [3.05, 3.63) is 36.0 Å². The molecule has 2 aromatic rings. The number of sulfonamides is 1. The summed E-state index contributed by atoms with van der Waals surface area (Å²) >= 11 is 0. The summed E-state index contributed by atoms with van der Waals surface area (Å²) in [6, 6.07) is 8.83. The summed E-state index contributed by atoms with van der Waals surface area (Å²) in [5.74, 6) is -0.513. The predicted molar refractivity (Wildman–Crippen MR) is 90.4 cm³/mol. The van der Waals surface area contributed by atoms with E-state index in [1.807, 2.05) is 13.0 Å². The summed E-state index contributed by atoms with van der Waals surface area (Å²) in [6.07, 6.45) is 1.75. The number of nitrogens with zero attached hydrogens (tertiary/aromatic N) is 2. The number of rotatable bonds is 4. The molecular weight excluding hydrogens is 344 g/mol. The summed E-state index contributed by atoms with van der Waals surface area (Å²) in [6.45, 7) is 2.79. The molecule has 25 heavy (non-hydrogen) atoms. The molecule has 0 amide bonds. The highest BCUT2D eigenvalue weighted by atomic mass is 32.2. The summed E-state index contributed by atoms with van der Waals surface area (Å²) in [4.78, 5) is 16.1. The van der Waals surface area contributed by atoms with Gasteiger partial charge in [0.05, 0.1) is 7.11 Å². The Balaban J connectivity index is 2.07. The highest BCUT2D eigenvalue weighted by molar-refractivity contribution is 7.89. The molecule has 2 heterocycles. The quantitative estimate of drug-likeness (QED) is 0.775. The number of oxazole rings is 1. The zero-order valence-electron chi connectivity index (χ0n) is 14.1. The maximum absolute atomic E-state index is 13.0. The first-order chi connectivity index (χ1) is 11.9. The normalized spacial score (nSPS) is 18.9.